The van der Waals surface area contributed by atoms with Crippen molar-refractivity contribution in [1.29, 1.82) is 0 Å². The van der Waals surface area contributed by atoms with E-state index in [1.165, 1.54) is 12.8 Å². The van der Waals surface area contributed by atoms with Gasteiger partial charge >= 0.3 is 0 Å². The molecule has 2 bridgehead atoms. The Bertz CT molecular complexity index is 489. The summed E-state index contributed by atoms with van der Waals surface area (Å²) < 4.78 is 16.7. The highest BCUT2D eigenvalue weighted by atomic mass is 16.5. The van der Waals surface area contributed by atoms with E-state index in [2.05, 4.69) is 22.5 Å². The molecule has 128 valence electrons. The third kappa shape index (κ3) is 4.72. The van der Waals surface area contributed by atoms with Gasteiger partial charge in [-0.15, -0.1) is 0 Å². The Hall–Kier alpha value is -1.53. The number of aliphatic imine (C=N–C) groups is 1. The van der Waals surface area contributed by atoms with Gasteiger partial charge in [-0.05, 0) is 44.7 Å². The molecule has 0 aliphatic carbocycles. The fraction of sp³-hybridized carbons (Fsp3) is 0.706. The zero-order valence-corrected chi connectivity index (χ0v) is 13.8. The number of nitrogens with one attached hydrogen (secondary N) is 2. The van der Waals surface area contributed by atoms with Gasteiger partial charge in [-0.25, -0.2) is 0 Å². The average molecular weight is 321 g/mol. The van der Waals surface area contributed by atoms with Crippen molar-refractivity contribution in [2.24, 2.45) is 4.99 Å². The van der Waals surface area contributed by atoms with Crippen LogP contribution in [0.5, 0.6) is 0 Å². The Kier molecular flexibility index (Phi) is 5.93. The maximum absolute atomic E-state index is 5.88. The summed E-state index contributed by atoms with van der Waals surface area (Å²) in [6.07, 6.45) is 6.85. The highest BCUT2D eigenvalue weighted by molar-refractivity contribution is 5.80. The van der Waals surface area contributed by atoms with Crippen LogP contribution < -0.4 is 10.6 Å². The smallest absolute Gasteiger partial charge is 0.191 e. The molecule has 3 rings (SSSR count). The number of furan rings is 1. The molecule has 3 unspecified atom stereocenters. The van der Waals surface area contributed by atoms with Crippen LogP contribution in [0.2, 0.25) is 0 Å². The van der Waals surface area contributed by atoms with Crippen LogP contribution in [-0.2, 0) is 16.1 Å². The maximum Gasteiger partial charge on any atom is 0.191 e. The topological polar surface area (TPSA) is 68.0 Å². The van der Waals surface area contributed by atoms with Crippen molar-refractivity contribution in [3.8, 4) is 0 Å². The van der Waals surface area contributed by atoms with Gasteiger partial charge in [-0.2, -0.15) is 0 Å². The highest BCUT2D eigenvalue weighted by Crippen LogP contribution is 2.34. The Morgan fingerprint density at radius 1 is 1.43 bits per heavy atom. The lowest BCUT2D eigenvalue weighted by atomic mass is 9.96. The fourth-order valence-corrected chi connectivity index (χ4v) is 3.21. The van der Waals surface area contributed by atoms with Crippen molar-refractivity contribution in [2.75, 3.05) is 19.7 Å². The minimum Gasteiger partial charge on any atom is -0.467 e. The van der Waals surface area contributed by atoms with E-state index in [9.17, 15) is 0 Å². The van der Waals surface area contributed by atoms with Gasteiger partial charge in [-0.1, -0.05) is 0 Å². The predicted molar refractivity (Wildman–Crippen MR) is 88.4 cm³/mol. The molecule has 0 aromatic carbocycles. The van der Waals surface area contributed by atoms with Crippen molar-refractivity contribution in [3.63, 3.8) is 0 Å². The van der Waals surface area contributed by atoms with E-state index in [-0.39, 0.29) is 0 Å². The van der Waals surface area contributed by atoms with E-state index in [1.54, 1.807) is 6.26 Å². The van der Waals surface area contributed by atoms with Crippen molar-refractivity contribution in [2.45, 2.75) is 57.5 Å². The van der Waals surface area contributed by atoms with Crippen LogP contribution in [0.15, 0.2) is 27.8 Å². The molecule has 23 heavy (non-hydrogen) atoms. The summed E-state index contributed by atoms with van der Waals surface area (Å²) in [7, 11) is 0. The zero-order valence-electron chi connectivity index (χ0n) is 13.8. The predicted octanol–water partition coefficient (Wildman–Crippen LogP) is 2.06. The summed E-state index contributed by atoms with van der Waals surface area (Å²) in [6, 6.07) is 4.20. The fourth-order valence-electron chi connectivity index (χ4n) is 3.21. The summed E-state index contributed by atoms with van der Waals surface area (Å²) in [5, 5.41) is 6.83. The second-order valence-electron chi connectivity index (χ2n) is 6.11. The summed E-state index contributed by atoms with van der Waals surface area (Å²) in [6.45, 7) is 4.90. The molecule has 0 amide bonds. The lowest BCUT2D eigenvalue weighted by molar-refractivity contribution is 0.0991. The first-order chi connectivity index (χ1) is 11.3. The first-order valence-corrected chi connectivity index (χ1v) is 8.65. The van der Waals surface area contributed by atoms with E-state index in [0.717, 1.165) is 37.7 Å². The van der Waals surface area contributed by atoms with Gasteiger partial charge in [0.1, 0.15) is 12.4 Å². The van der Waals surface area contributed by atoms with Crippen LogP contribution in [0.3, 0.4) is 0 Å². The number of hydrogen-bond acceptors (Lipinski definition) is 4. The normalized spacial score (nSPS) is 26.7. The molecule has 2 saturated heterocycles. The molecule has 3 atom stereocenters. The Balaban J connectivity index is 1.35. The molecule has 2 aliphatic heterocycles. The quantitative estimate of drug-likeness (QED) is 0.436. The first kappa shape index (κ1) is 16.3. The Labute approximate surface area is 137 Å². The van der Waals surface area contributed by atoms with Crippen LogP contribution >= 0.6 is 0 Å². The molecule has 0 spiro atoms. The van der Waals surface area contributed by atoms with Crippen molar-refractivity contribution in [1.82, 2.24) is 10.6 Å². The minimum absolute atomic E-state index is 0.362. The van der Waals surface area contributed by atoms with Crippen LogP contribution in [-0.4, -0.2) is 43.9 Å². The standard InChI is InChI=1S/C17H27N3O3/c1-2-18-17(20-15-11-13-6-7-16(15)23-13)19-8-4-9-21-12-14-5-3-10-22-14/h3,5,10,13,15-16H,2,4,6-9,11-12H2,1H3,(H2,18,19,20). The molecule has 2 aliphatic rings. The van der Waals surface area contributed by atoms with Crippen LogP contribution in [0, 0.1) is 0 Å². The minimum atomic E-state index is 0.362. The van der Waals surface area contributed by atoms with E-state index in [1.807, 2.05) is 12.1 Å². The van der Waals surface area contributed by atoms with E-state index in [0.29, 0.717) is 31.5 Å². The van der Waals surface area contributed by atoms with Gasteiger partial charge in [0.25, 0.3) is 0 Å². The highest BCUT2D eigenvalue weighted by Gasteiger charge is 2.41. The van der Waals surface area contributed by atoms with Crippen molar-refractivity contribution < 1.29 is 13.9 Å². The molecule has 1 aromatic heterocycles. The number of guanidine groups is 1. The van der Waals surface area contributed by atoms with Crippen molar-refractivity contribution in [3.05, 3.63) is 24.2 Å². The number of rotatable bonds is 8. The lowest BCUT2D eigenvalue weighted by Gasteiger charge is -2.22. The van der Waals surface area contributed by atoms with E-state index in [4.69, 9.17) is 13.9 Å². The van der Waals surface area contributed by atoms with Crippen molar-refractivity contribution >= 4 is 5.96 Å². The monoisotopic (exact) mass is 321 g/mol. The number of fused-ring (bicyclic) bond motifs is 2. The third-order valence-corrected chi connectivity index (χ3v) is 4.31. The average Bonchev–Trinajstić information content (AvgIpc) is 3.28. The van der Waals surface area contributed by atoms with Gasteiger partial charge < -0.3 is 24.5 Å². The maximum atomic E-state index is 5.88. The van der Waals surface area contributed by atoms with Gasteiger partial charge in [0.05, 0.1) is 24.5 Å². The molecule has 1 aromatic rings. The Morgan fingerprint density at radius 2 is 2.39 bits per heavy atom. The second-order valence-corrected chi connectivity index (χ2v) is 6.11. The molecule has 2 fully saturated rings. The molecule has 6 heteroatoms. The molecule has 3 heterocycles. The SMILES string of the molecule is CCNC(=NCCCOCc1ccco1)NC1CC2CCC1O2. The Morgan fingerprint density at radius 3 is 3.09 bits per heavy atom. The molecule has 0 saturated carbocycles. The number of nitrogens with zero attached hydrogens (tertiary/aromatic N) is 1. The summed E-state index contributed by atoms with van der Waals surface area (Å²) in [4.78, 5) is 4.63. The largest absolute Gasteiger partial charge is 0.467 e. The summed E-state index contributed by atoms with van der Waals surface area (Å²) >= 11 is 0. The van der Waals surface area contributed by atoms with Crippen LogP contribution in [0.4, 0.5) is 0 Å². The number of ether oxygens (including phenoxy) is 2. The van der Waals surface area contributed by atoms with E-state index < -0.39 is 0 Å². The third-order valence-electron chi connectivity index (χ3n) is 4.31. The van der Waals surface area contributed by atoms with E-state index >= 15 is 0 Å². The first-order valence-electron chi connectivity index (χ1n) is 8.65. The van der Waals surface area contributed by atoms with Gasteiger partial charge in [-0.3, -0.25) is 4.99 Å². The van der Waals surface area contributed by atoms with Gasteiger partial charge in [0.15, 0.2) is 5.96 Å². The summed E-state index contributed by atoms with van der Waals surface area (Å²) in [5.74, 6) is 1.75. The number of hydrogen-bond donors (Lipinski definition) is 2. The lowest BCUT2D eigenvalue weighted by Crippen LogP contribution is -2.47. The molecule has 2 N–H and O–H groups in total. The molecular formula is C17H27N3O3. The molecular weight excluding hydrogens is 294 g/mol. The molecule has 6 nitrogen and oxygen atoms in total. The van der Waals surface area contributed by atoms with Gasteiger partial charge in [0, 0.05) is 19.7 Å². The van der Waals surface area contributed by atoms with Crippen LogP contribution in [0.25, 0.3) is 0 Å². The van der Waals surface area contributed by atoms with Gasteiger partial charge in [0.2, 0.25) is 0 Å². The second kappa shape index (κ2) is 8.36. The summed E-state index contributed by atoms with van der Waals surface area (Å²) in [5.41, 5.74) is 0. The molecule has 0 radical (unpaired) electrons. The zero-order chi connectivity index (χ0) is 15.9. The van der Waals surface area contributed by atoms with Crippen LogP contribution in [0.1, 0.15) is 38.4 Å².